The second kappa shape index (κ2) is 6.56. The van der Waals surface area contributed by atoms with Crippen LogP contribution in [0.15, 0.2) is 42.7 Å². The third-order valence-corrected chi connectivity index (χ3v) is 2.77. The number of aromatic nitrogens is 1. The summed E-state index contributed by atoms with van der Waals surface area (Å²) in [6.45, 7) is 2.71. The van der Waals surface area contributed by atoms with Crippen LogP contribution in [-0.2, 0) is 11.3 Å². The van der Waals surface area contributed by atoms with Gasteiger partial charge in [0.25, 0.3) is 0 Å². The van der Waals surface area contributed by atoms with Gasteiger partial charge in [-0.2, -0.15) is 0 Å². The molecule has 2 aromatic rings. The van der Waals surface area contributed by atoms with E-state index in [9.17, 15) is 4.79 Å². The first kappa shape index (κ1) is 13.9. The topological polar surface area (TPSA) is 77.2 Å². The van der Waals surface area contributed by atoms with Gasteiger partial charge in [0.2, 0.25) is 0 Å². The van der Waals surface area contributed by atoms with E-state index in [1.807, 2.05) is 18.2 Å². The molecule has 5 heteroatoms. The molecule has 0 saturated heterocycles. The Hall–Kier alpha value is -2.56. The second-order valence-electron chi connectivity index (χ2n) is 4.24. The van der Waals surface area contributed by atoms with Gasteiger partial charge in [-0.05, 0) is 36.8 Å². The fourth-order valence-electron chi connectivity index (χ4n) is 1.76. The Bertz CT molecular complexity index is 585. The van der Waals surface area contributed by atoms with Crippen LogP contribution < -0.4 is 11.1 Å². The number of carbonyl (C=O) groups excluding carboxylic acids is 1. The molecular formula is C15H17N3O2. The molecular weight excluding hydrogens is 254 g/mol. The van der Waals surface area contributed by atoms with E-state index in [1.54, 1.807) is 31.5 Å². The summed E-state index contributed by atoms with van der Waals surface area (Å²) < 4.78 is 4.97. The summed E-state index contributed by atoms with van der Waals surface area (Å²) in [4.78, 5) is 15.8. The van der Waals surface area contributed by atoms with Crippen molar-refractivity contribution in [3.05, 3.63) is 53.9 Å². The van der Waals surface area contributed by atoms with Gasteiger partial charge >= 0.3 is 5.97 Å². The van der Waals surface area contributed by atoms with Crippen LogP contribution in [-0.4, -0.2) is 17.6 Å². The highest BCUT2D eigenvalue weighted by Crippen LogP contribution is 2.19. The molecule has 3 N–H and O–H groups in total. The number of nitrogens with two attached hydrogens (primary N) is 1. The molecule has 0 spiro atoms. The highest BCUT2D eigenvalue weighted by Gasteiger charge is 2.11. The van der Waals surface area contributed by atoms with E-state index in [4.69, 9.17) is 10.5 Å². The zero-order chi connectivity index (χ0) is 14.4. The standard InChI is InChI=1S/C15H17N3O2/c1-2-20-15(19)13-8-12(5-6-14(13)16)18-10-11-4-3-7-17-9-11/h3-9,18H,2,10,16H2,1H3. The molecule has 0 aliphatic carbocycles. The highest BCUT2D eigenvalue weighted by molar-refractivity contribution is 5.96. The maximum Gasteiger partial charge on any atom is 0.340 e. The number of hydrogen-bond donors (Lipinski definition) is 2. The highest BCUT2D eigenvalue weighted by atomic mass is 16.5. The van der Waals surface area contributed by atoms with Crippen molar-refractivity contribution >= 4 is 17.3 Å². The number of anilines is 2. The molecule has 0 unspecified atom stereocenters. The zero-order valence-electron chi connectivity index (χ0n) is 11.3. The lowest BCUT2D eigenvalue weighted by atomic mass is 10.1. The summed E-state index contributed by atoms with van der Waals surface area (Å²) in [6.07, 6.45) is 3.52. The number of nitrogens with zero attached hydrogens (tertiary/aromatic N) is 1. The first-order chi connectivity index (χ1) is 9.70. The molecule has 0 aliphatic heterocycles. The minimum Gasteiger partial charge on any atom is -0.462 e. The van der Waals surface area contributed by atoms with Crippen LogP contribution in [0, 0.1) is 0 Å². The smallest absolute Gasteiger partial charge is 0.340 e. The third kappa shape index (κ3) is 3.47. The quantitative estimate of drug-likeness (QED) is 0.645. The summed E-state index contributed by atoms with van der Waals surface area (Å²) >= 11 is 0. The zero-order valence-corrected chi connectivity index (χ0v) is 11.3. The second-order valence-corrected chi connectivity index (χ2v) is 4.24. The van der Waals surface area contributed by atoms with E-state index in [0.717, 1.165) is 11.3 Å². The lowest BCUT2D eigenvalue weighted by molar-refractivity contribution is 0.0527. The summed E-state index contributed by atoms with van der Waals surface area (Å²) in [7, 11) is 0. The Labute approximate surface area is 117 Å². The molecule has 104 valence electrons. The van der Waals surface area contributed by atoms with Gasteiger partial charge in [-0.15, -0.1) is 0 Å². The van der Waals surface area contributed by atoms with Crippen LogP contribution in [0.5, 0.6) is 0 Å². The fraction of sp³-hybridized carbons (Fsp3) is 0.200. The van der Waals surface area contributed by atoms with Gasteiger partial charge in [-0.25, -0.2) is 4.79 Å². The van der Waals surface area contributed by atoms with Crippen LogP contribution >= 0.6 is 0 Å². The molecule has 0 radical (unpaired) electrons. The van der Waals surface area contributed by atoms with Crippen LogP contribution in [0.25, 0.3) is 0 Å². The number of rotatable bonds is 5. The Morgan fingerprint density at radius 1 is 1.40 bits per heavy atom. The number of pyridine rings is 1. The number of carbonyl (C=O) groups is 1. The van der Waals surface area contributed by atoms with Crippen molar-refractivity contribution in [3.8, 4) is 0 Å². The lowest BCUT2D eigenvalue weighted by Crippen LogP contribution is -2.09. The number of nitrogens with one attached hydrogen (secondary N) is 1. The van der Waals surface area contributed by atoms with Gasteiger partial charge in [-0.1, -0.05) is 6.07 Å². The number of esters is 1. The lowest BCUT2D eigenvalue weighted by Gasteiger charge is -2.10. The van der Waals surface area contributed by atoms with Crippen molar-refractivity contribution in [1.82, 2.24) is 4.98 Å². The molecule has 0 fully saturated rings. The van der Waals surface area contributed by atoms with E-state index in [2.05, 4.69) is 10.3 Å². The summed E-state index contributed by atoms with van der Waals surface area (Å²) in [6, 6.07) is 9.07. The van der Waals surface area contributed by atoms with Crippen LogP contribution in [0.3, 0.4) is 0 Å². The normalized spacial score (nSPS) is 10.1. The molecule has 0 bridgehead atoms. The van der Waals surface area contributed by atoms with E-state index in [1.165, 1.54) is 0 Å². The third-order valence-electron chi connectivity index (χ3n) is 2.77. The van der Waals surface area contributed by atoms with E-state index < -0.39 is 5.97 Å². The predicted octanol–water partition coefficient (Wildman–Crippen LogP) is 2.45. The van der Waals surface area contributed by atoms with Gasteiger partial charge in [0.15, 0.2) is 0 Å². The first-order valence-corrected chi connectivity index (χ1v) is 6.40. The molecule has 20 heavy (non-hydrogen) atoms. The molecule has 0 amide bonds. The SMILES string of the molecule is CCOC(=O)c1cc(NCc2cccnc2)ccc1N. The molecule has 1 heterocycles. The molecule has 0 aliphatic rings. The Balaban J connectivity index is 2.09. The first-order valence-electron chi connectivity index (χ1n) is 6.40. The molecule has 1 aromatic carbocycles. The van der Waals surface area contributed by atoms with Crippen molar-refractivity contribution in [2.24, 2.45) is 0 Å². The molecule has 0 atom stereocenters. The van der Waals surface area contributed by atoms with Gasteiger partial charge in [0.05, 0.1) is 12.2 Å². The maximum absolute atomic E-state index is 11.8. The van der Waals surface area contributed by atoms with Gasteiger partial charge in [0.1, 0.15) is 0 Å². The van der Waals surface area contributed by atoms with E-state index in [-0.39, 0.29) is 0 Å². The van der Waals surface area contributed by atoms with Crippen molar-refractivity contribution in [2.75, 3.05) is 17.7 Å². The Morgan fingerprint density at radius 3 is 2.95 bits per heavy atom. The van der Waals surface area contributed by atoms with Gasteiger partial charge in [0, 0.05) is 30.3 Å². The number of ether oxygens (including phenoxy) is 1. The van der Waals surface area contributed by atoms with Crippen LogP contribution in [0.1, 0.15) is 22.8 Å². The summed E-state index contributed by atoms with van der Waals surface area (Å²) in [5.41, 5.74) is 8.45. The van der Waals surface area contributed by atoms with Gasteiger partial charge < -0.3 is 15.8 Å². The monoisotopic (exact) mass is 271 g/mol. The Kier molecular flexibility index (Phi) is 4.55. The molecule has 0 saturated carbocycles. The minimum absolute atomic E-state index is 0.325. The van der Waals surface area contributed by atoms with Crippen molar-refractivity contribution in [2.45, 2.75) is 13.5 Å². The number of benzene rings is 1. The van der Waals surface area contributed by atoms with Crippen LogP contribution in [0.2, 0.25) is 0 Å². The average molecular weight is 271 g/mol. The maximum atomic E-state index is 11.8. The number of nitrogen functional groups attached to an aromatic ring is 1. The van der Waals surface area contributed by atoms with Crippen molar-refractivity contribution in [3.63, 3.8) is 0 Å². The van der Waals surface area contributed by atoms with Gasteiger partial charge in [-0.3, -0.25) is 4.98 Å². The fourth-order valence-corrected chi connectivity index (χ4v) is 1.76. The largest absolute Gasteiger partial charge is 0.462 e. The summed E-state index contributed by atoms with van der Waals surface area (Å²) in [5.74, 6) is -0.407. The average Bonchev–Trinajstić information content (AvgIpc) is 2.47. The molecule has 1 aromatic heterocycles. The van der Waals surface area contributed by atoms with E-state index >= 15 is 0 Å². The van der Waals surface area contributed by atoms with E-state index in [0.29, 0.717) is 24.4 Å². The van der Waals surface area contributed by atoms with Crippen LogP contribution in [0.4, 0.5) is 11.4 Å². The van der Waals surface area contributed by atoms with Crippen molar-refractivity contribution < 1.29 is 9.53 Å². The van der Waals surface area contributed by atoms with Crippen molar-refractivity contribution in [1.29, 1.82) is 0 Å². The number of hydrogen-bond acceptors (Lipinski definition) is 5. The Morgan fingerprint density at radius 2 is 2.25 bits per heavy atom. The summed E-state index contributed by atoms with van der Waals surface area (Å²) in [5, 5.41) is 3.22. The minimum atomic E-state index is -0.407. The molecule has 5 nitrogen and oxygen atoms in total. The molecule has 2 rings (SSSR count). The predicted molar refractivity (Wildman–Crippen MR) is 78.4 cm³/mol.